The Labute approximate surface area is 211 Å². The normalized spacial score (nSPS) is 17.4. The van der Waals surface area contributed by atoms with Gasteiger partial charge in [-0.3, -0.25) is 14.6 Å². The molecule has 3 aromatic rings. The number of aliphatic hydroxyl groups excluding tert-OH is 1. The number of likely N-dealkylation sites (tertiary alicyclic amines) is 1. The summed E-state index contributed by atoms with van der Waals surface area (Å²) in [4.78, 5) is 32.3. The first-order chi connectivity index (χ1) is 17.2. The molecule has 0 saturated carbocycles. The largest absolute Gasteiger partial charge is 0.507 e. The number of hydrogen-bond donors (Lipinski definition) is 1. The number of pyridine rings is 1. The molecule has 0 bridgehead atoms. The van der Waals surface area contributed by atoms with Gasteiger partial charge in [-0.05, 0) is 41.3 Å². The zero-order valence-electron chi connectivity index (χ0n) is 21.1. The highest BCUT2D eigenvalue weighted by atomic mass is 16.5. The first-order valence-electron chi connectivity index (χ1n) is 11.7. The van der Waals surface area contributed by atoms with Crippen LogP contribution in [0.5, 0.6) is 11.5 Å². The van der Waals surface area contributed by atoms with E-state index in [2.05, 4.69) is 4.98 Å². The number of hydrogen-bond acceptors (Lipinski definition) is 6. The van der Waals surface area contributed by atoms with Crippen LogP contribution in [0.3, 0.4) is 0 Å². The van der Waals surface area contributed by atoms with Crippen molar-refractivity contribution in [3.05, 3.63) is 94.8 Å². The van der Waals surface area contributed by atoms with E-state index in [-0.39, 0.29) is 23.3 Å². The van der Waals surface area contributed by atoms with Crippen molar-refractivity contribution in [2.75, 3.05) is 14.2 Å². The Bertz CT molecular complexity index is 1320. The van der Waals surface area contributed by atoms with Crippen LogP contribution < -0.4 is 9.47 Å². The molecule has 2 heterocycles. The first kappa shape index (κ1) is 25.0. The van der Waals surface area contributed by atoms with Crippen LogP contribution in [0.1, 0.15) is 49.1 Å². The number of rotatable bonds is 6. The quantitative estimate of drug-likeness (QED) is 0.299. The van der Waals surface area contributed by atoms with E-state index >= 15 is 0 Å². The molecule has 186 valence electrons. The monoisotopic (exact) mass is 486 g/mol. The van der Waals surface area contributed by atoms with Gasteiger partial charge in [0.15, 0.2) is 0 Å². The average molecular weight is 487 g/mol. The third-order valence-corrected chi connectivity index (χ3v) is 6.35. The lowest BCUT2D eigenvalue weighted by Crippen LogP contribution is -2.29. The molecule has 7 nitrogen and oxygen atoms in total. The van der Waals surface area contributed by atoms with Gasteiger partial charge in [0.05, 0.1) is 32.4 Å². The molecule has 0 aliphatic carbocycles. The summed E-state index contributed by atoms with van der Waals surface area (Å²) in [6.45, 7) is 6.24. The van der Waals surface area contributed by atoms with Gasteiger partial charge in [-0.25, -0.2) is 0 Å². The van der Waals surface area contributed by atoms with Crippen molar-refractivity contribution in [3.8, 4) is 11.5 Å². The maximum absolute atomic E-state index is 13.4. The molecule has 1 amide bonds. The Morgan fingerprint density at radius 3 is 2.36 bits per heavy atom. The summed E-state index contributed by atoms with van der Waals surface area (Å²) in [6, 6.07) is 15.3. The fourth-order valence-electron chi connectivity index (χ4n) is 4.54. The second-order valence-electron chi connectivity index (χ2n) is 9.69. The van der Waals surface area contributed by atoms with E-state index in [0.29, 0.717) is 22.6 Å². The number of Topliss-reactive ketones (excluding diaryl/α,β-unsaturated/α-hetero) is 1. The molecule has 1 aliphatic rings. The Balaban J connectivity index is 1.89. The van der Waals surface area contributed by atoms with Gasteiger partial charge in [0.1, 0.15) is 17.3 Å². The minimum Gasteiger partial charge on any atom is -0.507 e. The molecule has 0 radical (unpaired) electrons. The van der Waals surface area contributed by atoms with Crippen molar-refractivity contribution in [3.63, 3.8) is 0 Å². The van der Waals surface area contributed by atoms with Crippen molar-refractivity contribution in [1.82, 2.24) is 9.88 Å². The summed E-state index contributed by atoms with van der Waals surface area (Å²) in [6.07, 6.45) is 3.22. The zero-order valence-corrected chi connectivity index (χ0v) is 21.1. The van der Waals surface area contributed by atoms with Crippen LogP contribution in [0.4, 0.5) is 0 Å². The van der Waals surface area contributed by atoms with Gasteiger partial charge in [0.25, 0.3) is 11.7 Å². The summed E-state index contributed by atoms with van der Waals surface area (Å²) in [7, 11) is 3.15. The topological polar surface area (TPSA) is 89.0 Å². The highest BCUT2D eigenvalue weighted by Gasteiger charge is 2.46. The summed E-state index contributed by atoms with van der Waals surface area (Å²) in [5.41, 5.74) is 2.42. The van der Waals surface area contributed by atoms with Crippen LogP contribution >= 0.6 is 0 Å². The van der Waals surface area contributed by atoms with Crippen molar-refractivity contribution in [2.24, 2.45) is 0 Å². The molecule has 7 heteroatoms. The highest BCUT2D eigenvalue weighted by molar-refractivity contribution is 6.46. The van der Waals surface area contributed by atoms with Crippen molar-refractivity contribution in [1.29, 1.82) is 0 Å². The molecular weight excluding hydrogens is 456 g/mol. The van der Waals surface area contributed by atoms with Crippen molar-refractivity contribution in [2.45, 2.75) is 38.8 Å². The fourth-order valence-corrected chi connectivity index (χ4v) is 4.54. The number of para-hydroxylation sites is 1. The predicted octanol–water partition coefficient (Wildman–Crippen LogP) is 5.02. The van der Waals surface area contributed by atoms with Crippen LogP contribution in [0.15, 0.2) is 72.6 Å². The Kier molecular flexibility index (Phi) is 6.84. The highest BCUT2D eigenvalue weighted by Crippen LogP contribution is 2.42. The van der Waals surface area contributed by atoms with Crippen molar-refractivity contribution < 1.29 is 24.2 Å². The second-order valence-corrected chi connectivity index (χ2v) is 9.69. The lowest BCUT2D eigenvalue weighted by Gasteiger charge is -2.26. The molecule has 2 aromatic carbocycles. The smallest absolute Gasteiger partial charge is 0.295 e. The van der Waals surface area contributed by atoms with Gasteiger partial charge in [-0.2, -0.15) is 0 Å². The predicted molar refractivity (Wildman–Crippen MR) is 137 cm³/mol. The molecule has 1 N–H and O–H groups in total. The molecule has 0 spiro atoms. The minimum atomic E-state index is -0.816. The number of carbonyl (C=O) groups is 2. The van der Waals surface area contributed by atoms with Gasteiger partial charge in [-0.1, -0.05) is 45.0 Å². The molecule has 1 fully saturated rings. The molecule has 36 heavy (non-hydrogen) atoms. The summed E-state index contributed by atoms with van der Waals surface area (Å²) in [5.74, 6) is -0.392. The van der Waals surface area contributed by atoms with Crippen LogP contribution in [0.2, 0.25) is 0 Å². The van der Waals surface area contributed by atoms with E-state index < -0.39 is 17.7 Å². The maximum atomic E-state index is 13.4. The van der Waals surface area contributed by atoms with Crippen LogP contribution in [0.25, 0.3) is 5.76 Å². The number of ether oxygens (including phenoxy) is 2. The number of methoxy groups -OCH3 is 2. The molecule has 1 unspecified atom stereocenters. The molecule has 1 aromatic heterocycles. The number of carbonyl (C=O) groups excluding carboxylic acids is 2. The zero-order chi connectivity index (χ0) is 26.0. The van der Waals surface area contributed by atoms with Gasteiger partial charge >= 0.3 is 0 Å². The standard InChI is InChI=1S/C29H30N2O5/c1-29(2,3)21-15-18(12-13-23(21)36-5)26(32)24-25(19-10-8-14-30-16-19)31(28(34)27(24)33)17-20-9-6-7-11-22(20)35-4/h6-16,25,32H,17H2,1-5H3/b26-24-. The van der Waals surface area contributed by atoms with Crippen LogP contribution in [0, 0.1) is 0 Å². The van der Waals surface area contributed by atoms with Gasteiger partial charge in [0.2, 0.25) is 0 Å². The third kappa shape index (κ3) is 4.56. The van der Waals surface area contributed by atoms with Gasteiger partial charge in [-0.15, -0.1) is 0 Å². The van der Waals surface area contributed by atoms with E-state index in [1.165, 1.54) is 4.90 Å². The SMILES string of the molecule is COc1ccccc1CN1C(=O)C(=O)/C(=C(\O)c2ccc(OC)c(C(C)(C)C)c2)C1c1cccnc1. The lowest BCUT2D eigenvalue weighted by molar-refractivity contribution is -0.140. The first-order valence-corrected chi connectivity index (χ1v) is 11.7. The fraction of sp³-hybridized carbons (Fsp3) is 0.276. The average Bonchev–Trinajstić information content (AvgIpc) is 3.13. The van der Waals surface area contributed by atoms with E-state index in [1.54, 1.807) is 56.9 Å². The summed E-state index contributed by atoms with van der Waals surface area (Å²) in [5, 5.41) is 11.5. The molecular formula is C29H30N2O5. The number of aromatic nitrogens is 1. The lowest BCUT2D eigenvalue weighted by atomic mass is 9.84. The Morgan fingerprint density at radius 2 is 1.72 bits per heavy atom. The van der Waals surface area contributed by atoms with Gasteiger partial charge < -0.3 is 19.5 Å². The number of ketones is 1. The van der Waals surface area contributed by atoms with Crippen molar-refractivity contribution >= 4 is 17.4 Å². The van der Waals surface area contributed by atoms with Crippen LogP contribution in [-0.2, 0) is 21.5 Å². The summed E-state index contributed by atoms with van der Waals surface area (Å²) < 4.78 is 11.0. The number of nitrogens with zero attached hydrogens (tertiary/aromatic N) is 2. The Morgan fingerprint density at radius 1 is 1.00 bits per heavy atom. The third-order valence-electron chi connectivity index (χ3n) is 6.35. The van der Waals surface area contributed by atoms with E-state index in [1.807, 2.05) is 45.0 Å². The Hall–Kier alpha value is -4.13. The summed E-state index contributed by atoms with van der Waals surface area (Å²) >= 11 is 0. The molecule has 4 rings (SSSR count). The van der Waals surface area contributed by atoms with E-state index in [0.717, 1.165) is 11.1 Å². The number of aliphatic hydroxyl groups is 1. The molecule has 1 aliphatic heterocycles. The molecule has 1 atom stereocenters. The number of amides is 1. The van der Waals surface area contributed by atoms with Crippen LogP contribution in [-0.4, -0.2) is 40.9 Å². The molecule has 1 saturated heterocycles. The van der Waals surface area contributed by atoms with E-state index in [4.69, 9.17) is 9.47 Å². The minimum absolute atomic E-state index is 0.0212. The maximum Gasteiger partial charge on any atom is 0.295 e. The second kappa shape index (κ2) is 9.85. The van der Waals surface area contributed by atoms with Gasteiger partial charge in [0, 0.05) is 29.1 Å². The van der Waals surface area contributed by atoms with E-state index in [9.17, 15) is 14.7 Å². The number of benzene rings is 2.